The highest BCUT2D eigenvalue weighted by Gasteiger charge is 1.72. The Hall–Kier alpha value is -1.03. The highest BCUT2D eigenvalue weighted by Crippen LogP contribution is 1.62. The van der Waals surface area contributed by atoms with Crippen LogP contribution in [0.5, 0.6) is 0 Å². The summed E-state index contributed by atoms with van der Waals surface area (Å²) in [5.41, 5.74) is 0. The highest BCUT2D eigenvalue weighted by atomic mass is 16.4. The van der Waals surface area contributed by atoms with Crippen LogP contribution in [0.25, 0.3) is 0 Å². The van der Waals surface area contributed by atoms with Crippen molar-refractivity contribution < 1.29 is 4.42 Å². The maximum atomic E-state index is 9.85. The number of rotatable bonds is 0. The number of oxazole rings is 1. The molecule has 0 aliphatic heterocycles. The molecule has 1 rings (SSSR count). The average molecular weight is 102 g/mol. The lowest BCUT2D eigenvalue weighted by molar-refractivity contribution is 0.515. The topological polar surface area (TPSA) is 81.0 Å². The normalized spacial score (nSPS) is 7.43. The van der Waals surface area contributed by atoms with Crippen LogP contribution in [-0.2, 0) is 0 Å². The van der Waals surface area contributed by atoms with Crippen LogP contribution in [0.1, 0.15) is 0 Å². The van der Waals surface area contributed by atoms with E-state index < -0.39 is 5.76 Å². The van der Waals surface area contributed by atoms with Gasteiger partial charge >= 0.3 is 5.76 Å². The molecule has 7 heavy (non-hydrogen) atoms. The van der Waals surface area contributed by atoms with Crippen molar-refractivity contribution in [3.8, 4) is 0 Å². The molecule has 4 nitrogen and oxygen atoms in total. The smallest absolute Gasteiger partial charge is 0.416 e. The fraction of sp³-hybridized carbons (Fsp3) is 0. The molecular formula is C3H6N2O2. The third kappa shape index (κ3) is 1.23. The fourth-order valence-corrected chi connectivity index (χ4v) is 0.232. The SMILES string of the molecule is N.O=c1[nH]cco1. The lowest BCUT2D eigenvalue weighted by atomic mass is 11.0. The third-order valence-corrected chi connectivity index (χ3v) is 0.444. The minimum Gasteiger partial charge on any atom is -0.417 e. The van der Waals surface area contributed by atoms with E-state index in [4.69, 9.17) is 0 Å². The standard InChI is InChI=1S/C3H3NO2.H3N/c5-3-4-1-2-6-3;/h1-2H,(H,4,5);1H3. The highest BCUT2D eigenvalue weighted by molar-refractivity contribution is 4.58. The second-order valence-corrected chi connectivity index (χ2v) is 0.852. The Morgan fingerprint density at radius 2 is 2.43 bits per heavy atom. The molecule has 0 aliphatic rings. The van der Waals surface area contributed by atoms with Crippen LogP contribution in [0.3, 0.4) is 0 Å². The minimum absolute atomic E-state index is 0. The minimum atomic E-state index is -0.407. The third-order valence-electron chi connectivity index (χ3n) is 0.444. The van der Waals surface area contributed by atoms with E-state index in [1.54, 1.807) is 0 Å². The molecule has 0 fully saturated rings. The number of aromatic amines is 1. The summed E-state index contributed by atoms with van der Waals surface area (Å²) in [5.74, 6) is -0.407. The van der Waals surface area contributed by atoms with E-state index in [-0.39, 0.29) is 6.15 Å². The zero-order valence-electron chi connectivity index (χ0n) is 3.68. The molecule has 0 amide bonds. The van der Waals surface area contributed by atoms with Gasteiger partial charge < -0.3 is 10.6 Å². The Morgan fingerprint density at radius 1 is 1.71 bits per heavy atom. The Labute approximate surface area is 39.7 Å². The van der Waals surface area contributed by atoms with E-state index in [1.807, 2.05) is 0 Å². The molecule has 0 bridgehead atoms. The maximum absolute atomic E-state index is 9.85. The quantitative estimate of drug-likeness (QED) is 0.488. The monoisotopic (exact) mass is 102 g/mol. The van der Waals surface area contributed by atoms with E-state index in [2.05, 4.69) is 9.40 Å². The van der Waals surface area contributed by atoms with E-state index in [1.165, 1.54) is 12.5 Å². The Kier molecular flexibility index (Phi) is 1.87. The van der Waals surface area contributed by atoms with E-state index >= 15 is 0 Å². The first-order chi connectivity index (χ1) is 2.89. The van der Waals surface area contributed by atoms with Crippen LogP contribution in [0.4, 0.5) is 0 Å². The van der Waals surface area contributed by atoms with Gasteiger partial charge in [-0.05, 0) is 0 Å². The molecule has 1 aromatic rings. The van der Waals surface area contributed by atoms with Gasteiger partial charge in [0.05, 0.1) is 0 Å². The number of hydrogen-bond donors (Lipinski definition) is 2. The molecule has 0 spiro atoms. The van der Waals surface area contributed by atoms with Gasteiger partial charge in [0.1, 0.15) is 6.26 Å². The van der Waals surface area contributed by atoms with Gasteiger partial charge in [0.25, 0.3) is 0 Å². The van der Waals surface area contributed by atoms with Gasteiger partial charge in [0.15, 0.2) is 0 Å². The van der Waals surface area contributed by atoms with Crippen LogP contribution in [0.15, 0.2) is 21.7 Å². The van der Waals surface area contributed by atoms with Crippen molar-refractivity contribution in [2.45, 2.75) is 0 Å². The zero-order valence-corrected chi connectivity index (χ0v) is 3.68. The van der Waals surface area contributed by atoms with Crippen molar-refractivity contribution in [1.82, 2.24) is 11.1 Å². The molecule has 4 N–H and O–H groups in total. The van der Waals surface area contributed by atoms with Crippen molar-refractivity contribution in [2.75, 3.05) is 0 Å². The van der Waals surface area contributed by atoms with E-state index in [9.17, 15) is 4.79 Å². The van der Waals surface area contributed by atoms with Crippen LogP contribution in [0.2, 0.25) is 0 Å². The summed E-state index contributed by atoms with van der Waals surface area (Å²) in [7, 11) is 0. The average Bonchev–Trinajstić information content (AvgIpc) is 1.86. The van der Waals surface area contributed by atoms with Crippen LogP contribution < -0.4 is 11.9 Å². The van der Waals surface area contributed by atoms with Gasteiger partial charge in [0.2, 0.25) is 0 Å². The first-order valence-electron chi connectivity index (χ1n) is 1.52. The maximum Gasteiger partial charge on any atom is 0.416 e. The summed E-state index contributed by atoms with van der Waals surface area (Å²) in [6.45, 7) is 0. The summed E-state index contributed by atoms with van der Waals surface area (Å²) >= 11 is 0. The molecule has 0 aliphatic carbocycles. The van der Waals surface area contributed by atoms with Crippen molar-refractivity contribution in [2.24, 2.45) is 0 Å². The molecule has 0 radical (unpaired) electrons. The molecule has 1 heterocycles. The Morgan fingerprint density at radius 3 is 2.57 bits per heavy atom. The molecule has 0 saturated carbocycles. The second kappa shape index (κ2) is 2.20. The molecule has 0 aromatic carbocycles. The van der Waals surface area contributed by atoms with Gasteiger partial charge in [-0.2, -0.15) is 0 Å². The summed E-state index contributed by atoms with van der Waals surface area (Å²) in [5, 5.41) is 0. The molecule has 0 saturated heterocycles. The number of nitrogens with one attached hydrogen (secondary N) is 1. The number of H-pyrrole nitrogens is 1. The van der Waals surface area contributed by atoms with Gasteiger partial charge in [-0.1, -0.05) is 0 Å². The molecule has 1 aromatic heterocycles. The molecular weight excluding hydrogens is 96.0 g/mol. The Balaban J connectivity index is 0.000000360. The van der Waals surface area contributed by atoms with Crippen molar-refractivity contribution >= 4 is 0 Å². The number of aromatic nitrogens is 1. The summed E-state index contributed by atoms with van der Waals surface area (Å²) in [4.78, 5) is 12.1. The number of hydrogen-bond acceptors (Lipinski definition) is 3. The second-order valence-electron chi connectivity index (χ2n) is 0.852. The zero-order chi connectivity index (χ0) is 4.41. The largest absolute Gasteiger partial charge is 0.417 e. The molecule has 0 atom stereocenters. The van der Waals surface area contributed by atoms with E-state index in [0.29, 0.717) is 0 Å². The van der Waals surface area contributed by atoms with Crippen LogP contribution >= 0.6 is 0 Å². The van der Waals surface area contributed by atoms with Gasteiger partial charge in [0, 0.05) is 6.20 Å². The molecule has 0 unspecified atom stereocenters. The summed E-state index contributed by atoms with van der Waals surface area (Å²) in [6.07, 6.45) is 2.73. The van der Waals surface area contributed by atoms with Gasteiger partial charge in [-0.15, -0.1) is 0 Å². The van der Waals surface area contributed by atoms with Crippen LogP contribution in [-0.4, -0.2) is 4.98 Å². The predicted octanol–water partition coefficient (Wildman–Crippen LogP) is 0.130. The first-order valence-corrected chi connectivity index (χ1v) is 1.52. The molecule has 4 heteroatoms. The lowest BCUT2D eigenvalue weighted by Crippen LogP contribution is -1.91. The predicted molar refractivity (Wildman–Crippen MR) is 24.4 cm³/mol. The summed E-state index contributed by atoms with van der Waals surface area (Å²) < 4.78 is 4.22. The van der Waals surface area contributed by atoms with E-state index in [0.717, 1.165) is 0 Å². The van der Waals surface area contributed by atoms with Crippen molar-refractivity contribution in [1.29, 1.82) is 0 Å². The first kappa shape index (κ1) is 5.97. The lowest BCUT2D eigenvalue weighted by Gasteiger charge is -1.51. The van der Waals surface area contributed by atoms with Crippen LogP contribution in [0, 0.1) is 0 Å². The van der Waals surface area contributed by atoms with Gasteiger partial charge in [-0.25, -0.2) is 4.79 Å². The Bertz CT molecular complexity index is 149. The molecule has 40 valence electrons. The van der Waals surface area contributed by atoms with Crippen molar-refractivity contribution in [3.05, 3.63) is 23.0 Å². The fourth-order valence-electron chi connectivity index (χ4n) is 0.232. The summed E-state index contributed by atoms with van der Waals surface area (Å²) in [6, 6.07) is 0. The van der Waals surface area contributed by atoms with Gasteiger partial charge in [-0.3, -0.25) is 4.98 Å². The van der Waals surface area contributed by atoms with Crippen molar-refractivity contribution in [3.63, 3.8) is 0 Å².